The lowest BCUT2D eigenvalue weighted by Gasteiger charge is -2.12. The third kappa shape index (κ3) is 1.33. The van der Waals surface area contributed by atoms with E-state index in [-0.39, 0.29) is 17.7 Å². The Morgan fingerprint density at radius 3 is 2.75 bits per heavy atom. The van der Waals surface area contributed by atoms with E-state index in [4.69, 9.17) is 4.74 Å². The van der Waals surface area contributed by atoms with Crippen LogP contribution < -0.4 is 0 Å². The fourth-order valence-electron chi connectivity index (χ4n) is 1.39. The van der Waals surface area contributed by atoms with Gasteiger partial charge in [-0.2, -0.15) is 0 Å². The highest BCUT2D eigenvalue weighted by molar-refractivity contribution is 5.79. The van der Waals surface area contributed by atoms with Crippen molar-refractivity contribution >= 4 is 5.97 Å². The average molecular weight is 172 g/mol. The number of carbonyl (C=O) groups excluding carboxylic acids is 1. The van der Waals surface area contributed by atoms with Gasteiger partial charge in [-0.25, -0.2) is 4.79 Å². The maximum Gasteiger partial charge on any atom is 0.338 e. The molecular formula is C9H16O3. The molecule has 0 spiro atoms. The minimum absolute atomic E-state index is 0.252. The molecule has 0 bridgehead atoms. The molecule has 3 heteroatoms. The van der Waals surface area contributed by atoms with Gasteiger partial charge in [0.25, 0.3) is 0 Å². The van der Waals surface area contributed by atoms with Crippen LogP contribution in [0, 0.1) is 5.92 Å². The molecule has 0 unspecified atom stereocenters. The zero-order chi connectivity index (χ0) is 9.35. The molecule has 1 heterocycles. The molecule has 0 aromatic heterocycles. The summed E-state index contributed by atoms with van der Waals surface area (Å²) in [5.41, 5.74) is -0.276. The van der Waals surface area contributed by atoms with Gasteiger partial charge in [0.05, 0.1) is 7.11 Å². The molecule has 0 aromatic rings. The zero-order valence-corrected chi connectivity index (χ0v) is 8.09. The number of ether oxygens (including phenoxy) is 2. The van der Waals surface area contributed by atoms with Crippen LogP contribution >= 0.6 is 0 Å². The van der Waals surface area contributed by atoms with Crippen molar-refractivity contribution in [2.45, 2.75) is 38.9 Å². The Labute approximate surface area is 73.0 Å². The second kappa shape index (κ2) is 3.05. The Morgan fingerprint density at radius 2 is 2.33 bits per heavy atom. The Hall–Kier alpha value is -0.570. The molecule has 12 heavy (non-hydrogen) atoms. The molecule has 1 aliphatic heterocycles. The summed E-state index contributed by atoms with van der Waals surface area (Å²) in [4.78, 5) is 11.1. The largest absolute Gasteiger partial charge is 0.467 e. The predicted molar refractivity (Wildman–Crippen MR) is 44.7 cm³/mol. The van der Waals surface area contributed by atoms with E-state index in [1.807, 2.05) is 6.92 Å². The summed E-state index contributed by atoms with van der Waals surface area (Å²) < 4.78 is 9.94. The van der Waals surface area contributed by atoms with Gasteiger partial charge in [-0.1, -0.05) is 20.3 Å². The summed E-state index contributed by atoms with van der Waals surface area (Å²) in [5.74, 6) is 0.152. The lowest BCUT2D eigenvalue weighted by Crippen LogP contribution is -2.25. The Balaban J connectivity index is 2.53. The van der Waals surface area contributed by atoms with Gasteiger partial charge >= 0.3 is 5.97 Å². The SMILES string of the molecule is CC[C@@H](C)[C@@]1(C)O[C@H]1C(=O)OC. The predicted octanol–water partition coefficient (Wildman–Crippen LogP) is 1.36. The highest BCUT2D eigenvalue weighted by Gasteiger charge is 2.60. The smallest absolute Gasteiger partial charge is 0.338 e. The quantitative estimate of drug-likeness (QED) is 0.476. The van der Waals surface area contributed by atoms with Crippen molar-refractivity contribution in [3.63, 3.8) is 0 Å². The van der Waals surface area contributed by atoms with Crippen molar-refractivity contribution in [3.8, 4) is 0 Å². The van der Waals surface area contributed by atoms with Crippen molar-refractivity contribution in [3.05, 3.63) is 0 Å². The van der Waals surface area contributed by atoms with Crippen LogP contribution in [0.15, 0.2) is 0 Å². The lowest BCUT2D eigenvalue weighted by molar-refractivity contribution is -0.142. The highest BCUT2D eigenvalue weighted by Crippen LogP contribution is 2.44. The normalized spacial score (nSPS) is 35.8. The van der Waals surface area contributed by atoms with E-state index in [0.29, 0.717) is 5.92 Å². The molecule has 1 rings (SSSR count). The van der Waals surface area contributed by atoms with Crippen LogP contribution in [0.1, 0.15) is 27.2 Å². The summed E-state index contributed by atoms with van der Waals surface area (Å²) in [6.45, 7) is 6.14. The summed E-state index contributed by atoms with van der Waals surface area (Å²) in [7, 11) is 1.39. The van der Waals surface area contributed by atoms with Gasteiger partial charge in [-0.05, 0) is 12.8 Å². The second-order valence-electron chi connectivity index (χ2n) is 3.51. The lowest BCUT2D eigenvalue weighted by atomic mass is 9.90. The van der Waals surface area contributed by atoms with Crippen LogP contribution in [0.5, 0.6) is 0 Å². The number of epoxide rings is 1. The van der Waals surface area contributed by atoms with E-state index in [9.17, 15) is 4.79 Å². The van der Waals surface area contributed by atoms with Crippen LogP contribution in [-0.2, 0) is 14.3 Å². The number of esters is 1. The topological polar surface area (TPSA) is 38.8 Å². The maximum absolute atomic E-state index is 11.1. The molecule has 1 fully saturated rings. The average Bonchev–Trinajstić information content (AvgIpc) is 2.76. The number of carbonyl (C=O) groups is 1. The number of rotatable bonds is 3. The summed E-state index contributed by atoms with van der Waals surface area (Å²) in [6.07, 6.45) is 0.682. The van der Waals surface area contributed by atoms with Gasteiger partial charge in [-0.3, -0.25) is 0 Å². The van der Waals surface area contributed by atoms with Crippen LogP contribution in [0.4, 0.5) is 0 Å². The van der Waals surface area contributed by atoms with Crippen LogP contribution in [0.25, 0.3) is 0 Å². The van der Waals surface area contributed by atoms with Gasteiger partial charge in [0.1, 0.15) is 5.60 Å². The summed E-state index contributed by atoms with van der Waals surface area (Å²) >= 11 is 0. The first-order valence-electron chi connectivity index (χ1n) is 4.32. The molecule has 3 nitrogen and oxygen atoms in total. The third-order valence-corrected chi connectivity index (χ3v) is 2.84. The first-order valence-corrected chi connectivity index (χ1v) is 4.32. The monoisotopic (exact) mass is 172 g/mol. The molecule has 1 saturated heterocycles. The van der Waals surface area contributed by atoms with E-state index < -0.39 is 0 Å². The highest BCUT2D eigenvalue weighted by atomic mass is 16.7. The molecule has 70 valence electrons. The van der Waals surface area contributed by atoms with Gasteiger partial charge in [0.2, 0.25) is 0 Å². The van der Waals surface area contributed by atoms with Gasteiger partial charge in [0, 0.05) is 0 Å². The van der Waals surface area contributed by atoms with Crippen LogP contribution in [0.3, 0.4) is 0 Å². The van der Waals surface area contributed by atoms with Gasteiger partial charge in [-0.15, -0.1) is 0 Å². The fraction of sp³-hybridized carbons (Fsp3) is 0.889. The zero-order valence-electron chi connectivity index (χ0n) is 8.09. The van der Waals surface area contributed by atoms with Gasteiger partial charge < -0.3 is 9.47 Å². The van der Waals surface area contributed by atoms with E-state index in [2.05, 4.69) is 18.6 Å². The number of methoxy groups -OCH3 is 1. The van der Waals surface area contributed by atoms with E-state index in [0.717, 1.165) is 6.42 Å². The van der Waals surface area contributed by atoms with Crippen molar-refractivity contribution in [1.29, 1.82) is 0 Å². The van der Waals surface area contributed by atoms with Crippen LogP contribution in [0.2, 0.25) is 0 Å². The number of hydrogen-bond acceptors (Lipinski definition) is 3. The maximum atomic E-state index is 11.1. The third-order valence-electron chi connectivity index (χ3n) is 2.84. The summed E-state index contributed by atoms with van der Waals surface area (Å²) in [6, 6.07) is 0. The van der Waals surface area contributed by atoms with E-state index in [1.165, 1.54) is 7.11 Å². The molecule has 3 atom stereocenters. The molecule has 0 amide bonds. The van der Waals surface area contributed by atoms with Crippen LogP contribution in [-0.4, -0.2) is 24.8 Å². The second-order valence-corrected chi connectivity index (χ2v) is 3.51. The minimum Gasteiger partial charge on any atom is -0.467 e. The Morgan fingerprint density at radius 1 is 1.75 bits per heavy atom. The number of hydrogen-bond donors (Lipinski definition) is 0. The molecular weight excluding hydrogens is 156 g/mol. The molecule has 0 aromatic carbocycles. The Kier molecular flexibility index (Phi) is 2.42. The first kappa shape index (κ1) is 9.52. The molecule has 1 aliphatic rings. The fourth-order valence-corrected chi connectivity index (χ4v) is 1.39. The minimum atomic E-state index is -0.336. The van der Waals surface area contributed by atoms with E-state index >= 15 is 0 Å². The van der Waals surface area contributed by atoms with Gasteiger partial charge in [0.15, 0.2) is 6.10 Å². The first-order chi connectivity index (χ1) is 5.56. The van der Waals surface area contributed by atoms with Crippen molar-refractivity contribution in [2.24, 2.45) is 5.92 Å². The van der Waals surface area contributed by atoms with E-state index in [1.54, 1.807) is 0 Å². The van der Waals surface area contributed by atoms with Crippen molar-refractivity contribution in [1.82, 2.24) is 0 Å². The van der Waals surface area contributed by atoms with Crippen molar-refractivity contribution < 1.29 is 14.3 Å². The Bertz CT molecular complexity index is 190. The molecule has 0 N–H and O–H groups in total. The molecule has 0 saturated carbocycles. The molecule has 0 aliphatic carbocycles. The van der Waals surface area contributed by atoms with Crippen molar-refractivity contribution in [2.75, 3.05) is 7.11 Å². The molecule has 0 radical (unpaired) electrons. The summed E-state index contributed by atoms with van der Waals surface area (Å²) in [5, 5.41) is 0. The standard InChI is InChI=1S/C9H16O3/c1-5-6(2)9(3)7(12-9)8(10)11-4/h6-7H,5H2,1-4H3/t6-,7+,9-/m1/s1.